The van der Waals surface area contributed by atoms with Crippen molar-refractivity contribution in [3.8, 4) is 5.75 Å². The smallest absolute Gasteiger partial charge is 0.124 e. The molecule has 17 heavy (non-hydrogen) atoms. The monoisotopic (exact) mass is 257 g/mol. The fourth-order valence-corrected chi connectivity index (χ4v) is 1.39. The Kier molecular flexibility index (Phi) is 6.01. The molecule has 0 radical (unpaired) electrons. The fourth-order valence-electron chi connectivity index (χ4n) is 1.32. The number of hydrogen-bond acceptors (Lipinski definition) is 2. The van der Waals surface area contributed by atoms with Crippen LogP contribution in [0.25, 0.3) is 0 Å². The summed E-state index contributed by atoms with van der Waals surface area (Å²) in [5, 5.41) is 3.23. The molecule has 0 saturated carbocycles. The maximum atomic E-state index is 13.1. The van der Waals surface area contributed by atoms with Crippen LogP contribution in [0.4, 0.5) is 4.39 Å². The van der Waals surface area contributed by atoms with Crippen LogP contribution in [0.15, 0.2) is 29.8 Å². The van der Waals surface area contributed by atoms with Gasteiger partial charge in [0.25, 0.3) is 0 Å². The van der Waals surface area contributed by atoms with Crippen molar-refractivity contribution in [2.75, 3.05) is 6.61 Å². The van der Waals surface area contributed by atoms with E-state index in [1.807, 2.05) is 13.8 Å². The Morgan fingerprint density at radius 1 is 1.47 bits per heavy atom. The quantitative estimate of drug-likeness (QED) is 0.843. The van der Waals surface area contributed by atoms with Crippen molar-refractivity contribution in [1.82, 2.24) is 5.32 Å². The molecule has 0 amide bonds. The number of halogens is 2. The van der Waals surface area contributed by atoms with Gasteiger partial charge >= 0.3 is 0 Å². The highest BCUT2D eigenvalue weighted by Crippen LogP contribution is 2.19. The second-order valence-corrected chi connectivity index (χ2v) is 4.21. The molecule has 0 fully saturated rings. The number of hydrogen-bond donors (Lipinski definition) is 1. The van der Waals surface area contributed by atoms with Crippen LogP contribution in [-0.2, 0) is 6.54 Å². The molecule has 0 aliphatic heterocycles. The van der Waals surface area contributed by atoms with Gasteiger partial charge in [0, 0.05) is 23.7 Å². The molecule has 0 atom stereocenters. The van der Waals surface area contributed by atoms with Crippen molar-refractivity contribution >= 4 is 11.6 Å². The van der Waals surface area contributed by atoms with Crippen LogP contribution in [0.3, 0.4) is 0 Å². The Morgan fingerprint density at radius 2 is 2.24 bits per heavy atom. The maximum absolute atomic E-state index is 13.1. The average Bonchev–Trinajstić information content (AvgIpc) is 2.29. The van der Waals surface area contributed by atoms with Crippen LogP contribution < -0.4 is 10.1 Å². The van der Waals surface area contributed by atoms with Gasteiger partial charge in [-0.05, 0) is 24.3 Å². The van der Waals surface area contributed by atoms with Crippen molar-refractivity contribution in [3.63, 3.8) is 0 Å². The molecule has 0 aliphatic carbocycles. The van der Waals surface area contributed by atoms with Crippen LogP contribution in [0.2, 0.25) is 0 Å². The highest BCUT2D eigenvalue weighted by molar-refractivity contribution is 6.25. The van der Waals surface area contributed by atoms with Gasteiger partial charge in [-0.25, -0.2) is 4.39 Å². The van der Waals surface area contributed by atoms with Crippen molar-refractivity contribution in [2.24, 2.45) is 0 Å². The van der Waals surface area contributed by atoms with E-state index in [9.17, 15) is 4.39 Å². The van der Waals surface area contributed by atoms with Gasteiger partial charge in [-0.2, -0.15) is 0 Å². The third-order valence-electron chi connectivity index (χ3n) is 2.15. The van der Waals surface area contributed by atoms with E-state index in [0.29, 0.717) is 24.9 Å². The minimum atomic E-state index is -0.259. The molecule has 0 aliphatic rings. The van der Waals surface area contributed by atoms with Crippen molar-refractivity contribution in [1.29, 1.82) is 0 Å². The van der Waals surface area contributed by atoms with Crippen molar-refractivity contribution in [3.05, 3.63) is 41.2 Å². The Hall–Kier alpha value is -1.06. The van der Waals surface area contributed by atoms with E-state index in [2.05, 4.69) is 5.32 Å². The number of ether oxygens (including phenoxy) is 1. The molecule has 1 N–H and O–H groups in total. The van der Waals surface area contributed by atoms with Crippen LogP contribution in [0.5, 0.6) is 5.75 Å². The van der Waals surface area contributed by atoms with Gasteiger partial charge in [0.2, 0.25) is 0 Å². The highest BCUT2D eigenvalue weighted by Gasteiger charge is 2.05. The average molecular weight is 258 g/mol. The standard InChI is InChI=1S/C13H17ClFNO/c1-10(2)16-9-11-8-12(15)4-5-13(11)17-7-3-6-14/h3-6,8,10,16H,7,9H2,1-2H3/b6-3+. The summed E-state index contributed by atoms with van der Waals surface area (Å²) in [6.45, 7) is 5.03. The van der Waals surface area contributed by atoms with Crippen LogP contribution >= 0.6 is 11.6 Å². The molecule has 0 unspecified atom stereocenters. The first-order valence-electron chi connectivity index (χ1n) is 5.53. The summed E-state index contributed by atoms with van der Waals surface area (Å²) in [4.78, 5) is 0. The third-order valence-corrected chi connectivity index (χ3v) is 2.33. The minimum absolute atomic E-state index is 0.259. The van der Waals surface area contributed by atoms with Crippen molar-refractivity contribution < 1.29 is 9.13 Å². The van der Waals surface area contributed by atoms with E-state index in [-0.39, 0.29) is 5.82 Å². The first-order valence-corrected chi connectivity index (χ1v) is 5.97. The zero-order chi connectivity index (χ0) is 12.7. The third kappa shape index (κ3) is 5.20. The number of nitrogens with one attached hydrogen (secondary N) is 1. The topological polar surface area (TPSA) is 21.3 Å². The highest BCUT2D eigenvalue weighted by atomic mass is 35.5. The van der Waals surface area contributed by atoms with Gasteiger partial charge in [-0.3, -0.25) is 0 Å². The molecule has 94 valence electrons. The van der Waals surface area contributed by atoms with E-state index < -0.39 is 0 Å². The van der Waals surface area contributed by atoms with E-state index in [1.54, 1.807) is 12.1 Å². The van der Waals surface area contributed by atoms with Gasteiger partial charge in [0.1, 0.15) is 18.2 Å². The summed E-state index contributed by atoms with van der Waals surface area (Å²) in [6, 6.07) is 4.84. The summed E-state index contributed by atoms with van der Waals surface area (Å²) in [5.74, 6) is 0.417. The molecular weight excluding hydrogens is 241 g/mol. The van der Waals surface area contributed by atoms with Crippen LogP contribution in [0, 0.1) is 5.82 Å². The second-order valence-electron chi connectivity index (χ2n) is 3.96. The Balaban J connectivity index is 2.72. The fraction of sp³-hybridized carbons (Fsp3) is 0.385. The van der Waals surface area contributed by atoms with Gasteiger partial charge in [-0.15, -0.1) is 0 Å². The lowest BCUT2D eigenvalue weighted by Gasteiger charge is -2.13. The molecule has 1 aromatic rings. The molecule has 1 aromatic carbocycles. The lowest BCUT2D eigenvalue weighted by molar-refractivity contribution is 0.356. The minimum Gasteiger partial charge on any atom is -0.489 e. The summed E-state index contributed by atoms with van der Waals surface area (Å²) >= 11 is 5.40. The number of benzene rings is 1. The first-order chi connectivity index (χ1) is 8.13. The molecule has 1 rings (SSSR count). The van der Waals surface area contributed by atoms with E-state index in [0.717, 1.165) is 5.56 Å². The summed E-state index contributed by atoms with van der Waals surface area (Å²) in [5.41, 5.74) is 2.21. The number of rotatable bonds is 6. The largest absolute Gasteiger partial charge is 0.489 e. The normalized spacial score (nSPS) is 11.4. The molecule has 4 heteroatoms. The van der Waals surface area contributed by atoms with Gasteiger partial charge in [0.15, 0.2) is 0 Å². The Morgan fingerprint density at radius 3 is 2.88 bits per heavy atom. The lowest BCUT2D eigenvalue weighted by Crippen LogP contribution is -2.22. The van der Waals surface area contributed by atoms with Crippen LogP contribution in [0.1, 0.15) is 19.4 Å². The molecule has 0 saturated heterocycles. The molecule has 0 aromatic heterocycles. The van der Waals surface area contributed by atoms with Gasteiger partial charge in [-0.1, -0.05) is 25.4 Å². The summed E-state index contributed by atoms with van der Waals surface area (Å²) in [7, 11) is 0. The molecule has 0 spiro atoms. The predicted octanol–water partition coefficient (Wildman–Crippen LogP) is 3.46. The second kappa shape index (κ2) is 7.30. The van der Waals surface area contributed by atoms with Gasteiger partial charge in [0.05, 0.1) is 0 Å². The van der Waals surface area contributed by atoms with E-state index in [1.165, 1.54) is 17.7 Å². The maximum Gasteiger partial charge on any atom is 0.124 e. The predicted molar refractivity (Wildman–Crippen MR) is 68.9 cm³/mol. The van der Waals surface area contributed by atoms with Crippen LogP contribution in [-0.4, -0.2) is 12.6 Å². The summed E-state index contributed by atoms with van der Waals surface area (Å²) < 4.78 is 18.6. The molecule has 0 bridgehead atoms. The zero-order valence-corrected chi connectivity index (χ0v) is 10.8. The first kappa shape index (κ1) is 14.0. The van der Waals surface area contributed by atoms with Crippen molar-refractivity contribution in [2.45, 2.75) is 26.4 Å². The Bertz CT molecular complexity index is 380. The summed E-state index contributed by atoms with van der Waals surface area (Å²) in [6.07, 6.45) is 1.69. The molecular formula is C13H17ClFNO. The Labute approximate surface area is 106 Å². The molecule has 0 heterocycles. The van der Waals surface area contributed by atoms with E-state index in [4.69, 9.17) is 16.3 Å². The SMILES string of the molecule is CC(C)NCc1cc(F)ccc1OC/C=C/Cl. The molecule has 2 nitrogen and oxygen atoms in total. The lowest BCUT2D eigenvalue weighted by atomic mass is 10.2. The van der Waals surface area contributed by atoms with E-state index >= 15 is 0 Å². The van der Waals surface area contributed by atoms with Gasteiger partial charge < -0.3 is 10.1 Å². The zero-order valence-electron chi connectivity index (χ0n) is 10.0.